The van der Waals surface area contributed by atoms with Crippen LogP contribution in [0.4, 0.5) is 30.7 Å². The maximum atomic E-state index is 15.1. The summed E-state index contributed by atoms with van der Waals surface area (Å²) in [6.45, 7) is 4.94. The smallest absolute Gasteiger partial charge is 0.416 e. The minimum absolute atomic E-state index is 0.0172. The molecule has 10 heteroatoms. The summed E-state index contributed by atoms with van der Waals surface area (Å²) in [5.74, 6) is -3.97. The van der Waals surface area contributed by atoms with E-state index in [-0.39, 0.29) is 24.3 Å². The van der Waals surface area contributed by atoms with Crippen LogP contribution in [0.3, 0.4) is 0 Å². The Morgan fingerprint density at radius 3 is 1.93 bits per heavy atom. The molecule has 0 amide bonds. The van der Waals surface area contributed by atoms with Gasteiger partial charge in [-0.05, 0) is 62.6 Å². The third-order valence-corrected chi connectivity index (χ3v) is 8.67. The molecule has 244 valence electrons. The second-order valence-corrected chi connectivity index (χ2v) is 12.0. The van der Waals surface area contributed by atoms with Crippen molar-refractivity contribution in [2.45, 2.75) is 95.6 Å². The number of unbranched alkanes of at least 4 members (excludes halogenated alkanes) is 6. The minimum Gasteiger partial charge on any atom is -0.432 e. The number of alkyl halides is 5. The van der Waals surface area contributed by atoms with Crippen molar-refractivity contribution in [1.29, 1.82) is 0 Å². The SMILES string of the molecule is C=CCCCCCCCCC1COC(C2CCC(C(F)(F)Oc3cc(F)c(-c4ccc(C(F)(F)F)cc4)c(F)c3)CC2)OC1. The molecule has 1 saturated carbocycles. The average Bonchev–Trinajstić information content (AvgIpc) is 2.98. The second kappa shape index (κ2) is 15.6. The number of ether oxygens (including phenoxy) is 3. The molecule has 1 aliphatic heterocycles. The molecule has 2 fully saturated rings. The van der Waals surface area contributed by atoms with Crippen molar-refractivity contribution in [3.05, 3.63) is 66.3 Å². The summed E-state index contributed by atoms with van der Waals surface area (Å²) in [4.78, 5) is 0. The summed E-state index contributed by atoms with van der Waals surface area (Å²) in [6.07, 6.45) is 3.75. The highest BCUT2D eigenvalue weighted by atomic mass is 19.4. The van der Waals surface area contributed by atoms with Crippen molar-refractivity contribution < 1.29 is 44.9 Å². The summed E-state index contributed by atoms with van der Waals surface area (Å²) < 4.78 is 115. The number of hydrogen-bond acceptors (Lipinski definition) is 3. The molecule has 2 aromatic rings. The van der Waals surface area contributed by atoms with Gasteiger partial charge in [-0.2, -0.15) is 22.0 Å². The van der Waals surface area contributed by atoms with Gasteiger partial charge in [0.2, 0.25) is 0 Å². The topological polar surface area (TPSA) is 27.7 Å². The van der Waals surface area contributed by atoms with Crippen molar-refractivity contribution in [2.24, 2.45) is 17.8 Å². The highest BCUT2D eigenvalue weighted by Gasteiger charge is 2.46. The van der Waals surface area contributed by atoms with Gasteiger partial charge >= 0.3 is 12.3 Å². The van der Waals surface area contributed by atoms with E-state index < -0.39 is 53.0 Å². The van der Waals surface area contributed by atoms with Crippen LogP contribution in [0, 0.1) is 29.4 Å². The zero-order valence-corrected chi connectivity index (χ0v) is 24.8. The molecule has 0 atom stereocenters. The van der Waals surface area contributed by atoms with E-state index in [0.717, 1.165) is 31.4 Å². The summed E-state index contributed by atoms with van der Waals surface area (Å²) in [6, 6.07) is 4.49. The van der Waals surface area contributed by atoms with Crippen LogP contribution in [0.25, 0.3) is 11.1 Å². The highest BCUT2D eigenvalue weighted by Crippen LogP contribution is 2.43. The lowest BCUT2D eigenvalue weighted by atomic mass is 9.80. The van der Waals surface area contributed by atoms with Gasteiger partial charge in [0.25, 0.3) is 0 Å². The number of allylic oxidation sites excluding steroid dienone is 1. The van der Waals surface area contributed by atoms with E-state index in [1.807, 2.05) is 6.08 Å². The quantitative estimate of drug-likeness (QED) is 0.118. The first-order valence-electron chi connectivity index (χ1n) is 15.6. The third kappa shape index (κ3) is 9.46. The fourth-order valence-corrected chi connectivity index (χ4v) is 6.10. The van der Waals surface area contributed by atoms with Gasteiger partial charge in [0.05, 0.1) is 30.3 Å². The second-order valence-electron chi connectivity index (χ2n) is 12.0. The molecule has 0 N–H and O–H groups in total. The minimum atomic E-state index is -4.61. The lowest BCUT2D eigenvalue weighted by Crippen LogP contribution is -2.42. The van der Waals surface area contributed by atoms with Crippen molar-refractivity contribution >= 4 is 0 Å². The van der Waals surface area contributed by atoms with Gasteiger partial charge in [-0.15, -0.1) is 6.58 Å². The van der Waals surface area contributed by atoms with E-state index in [2.05, 4.69) is 6.58 Å². The van der Waals surface area contributed by atoms with Gasteiger partial charge in [0.15, 0.2) is 6.29 Å². The maximum absolute atomic E-state index is 15.1. The molecule has 2 aromatic carbocycles. The molecular formula is C34H41F7O3. The maximum Gasteiger partial charge on any atom is 0.416 e. The zero-order chi connectivity index (χ0) is 31.7. The molecule has 0 spiro atoms. The van der Waals surface area contributed by atoms with E-state index in [9.17, 15) is 22.0 Å². The Hall–Kier alpha value is -2.59. The van der Waals surface area contributed by atoms with E-state index in [1.165, 1.54) is 32.1 Å². The van der Waals surface area contributed by atoms with Gasteiger partial charge in [-0.25, -0.2) is 8.78 Å². The molecule has 4 rings (SSSR count). The van der Waals surface area contributed by atoms with Gasteiger partial charge in [-0.1, -0.05) is 50.3 Å². The molecular weight excluding hydrogens is 589 g/mol. The van der Waals surface area contributed by atoms with Crippen molar-refractivity contribution in [3.8, 4) is 16.9 Å². The summed E-state index contributed by atoms with van der Waals surface area (Å²) >= 11 is 0. The Balaban J connectivity index is 1.21. The van der Waals surface area contributed by atoms with Crippen LogP contribution in [-0.4, -0.2) is 25.6 Å². The largest absolute Gasteiger partial charge is 0.432 e. The number of hydrogen-bond donors (Lipinski definition) is 0. The molecule has 0 bridgehead atoms. The van der Waals surface area contributed by atoms with Crippen molar-refractivity contribution in [2.75, 3.05) is 13.2 Å². The van der Waals surface area contributed by atoms with Crippen molar-refractivity contribution in [1.82, 2.24) is 0 Å². The van der Waals surface area contributed by atoms with Crippen LogP contribution in [0.15, 0.2) is 49.1 Å². The van der Waals surface area contributed by atoms with Gasteiger partial charge in [0, 0.05) is 24.0 Å². The molecule has 44 heavy (non-hydrogen) atoms. The van der Waals surface area contributed by atoms with Gasteiger partial charge in [0.1, 0.15) is 17.4 Å². The summed E-state index contributed by atoms with van der Waals surface area (Å²) in [7, 11) is 0. The Kier molecular flexibility index (Phi) is 12.2. The van der Waals surface area contributed by atoms with E-state index in [1.54, 1.807) is 0 Å². The molecule has 1 aliphatic carbocycles. The Morgan fingerprint density at radius 2 is 1.36 bits per heavy atom. The lowest BCUT2D eigenvalue weighted by Gasteiger charge is -2.39. The predicted molar refractivity (Wildman–Crippen MR) is 154 cm³/mol. The molecule has 0 aromatic heterocycles. The molecule has 1 saturated heterocycles. The molecule has 0 unspecified atom stereocenters. The highest BCUT2D eigenvalue weighted by molar-refractivity contribution is 5.66. The number of benzene rings is 2. The van der Waals surface area contributed by atoms with Crippen LogP contribution in [-0.2, 0) is 15.7 Å². The van der Waals surface area contributed by atoms with E-state index in [4.69, 9.17) is 14.2 Å². The first-order chi connectivity index (χ1) is 21.0. The summed E-state index contributed by atoms with van der Waals surface area (Å²) in [5, 5.41) is 0. The zero-order valence-electron chi connectivity index (χ0n) is 24.8. The van der Waals surface area contributed by atoms with Crippen LogP contribution < -0.4 is 4.74 Å². The van der Waals surface area contributed by atoms with Crippen LogP contribution in [0.5, 0.6) is 5.75 Å². The predicted octanol–water partition coefficient (Wildman–Crippen LogP) is 10.7. The third-order valence-electron chi connectivity index (χ3n) is 8.67. The van der Waals surface area contributed by atoms with Gasteiger partial charge in [-0.3, -0.25) is 0 Å². The average molecular weight is 631 g/mol. The molecule has 2 aliphatic rings. The fraction of sp³-hybridized carbons (Fsp3) is 0.588. The lowest BCUT2D eigenvalue weighted by molar-refractivity contribution is -0.248. The molecule has 1 heterocycles. The standard InChI is InChI=1S/C34H41F7O3/c1-2-3-4-5-6-7-8-9-10-23-21-42-32(43-22-23)25-13-17-27(18-14-25)34(40,41)44-28-19-29(35)31(30(36)20-28)24-11-15-26(16-12-24)33(37,38)39/h2,11-12,15-16,19-20,23,25,27,32H,1,3-10,13-14,17-18,21-22H2. The first kappa shape index (κ1) is 34.3. The monoisotopic (exact) mass is 630 g/mol. The number of halogens is 7. The Morgan fingerprint density at radius 1 is 0.795 bits per heavy atom. The normalized spacial score (nSPS) is 23.0. The number of rotatable bonds is 14. The molecule has 3 nitrogen and oxygen atoms in total. The Bertz CT molecular complexity index is 1160. The Labute approximate surface area is 254 Å². The van der Waals surface area contributed by atoms with Crippen LogP contribution in [0.1, 0.15) is 82.6 Å². The summed E-state index contributed by atoms with van der Waals surface area (Å²) in [5.41, 5.74) is -1.76. The van der Waals surface area contributed by atoms with Crippen molar-refractivity contribution in [3.63, 3.8) is 0 Å². The van der Waals surface area contributed by atoms with Crippen LogP contribution in [0.2, 0.25) is 0 Å². The first-order valence-corrected chi connectivity index (χ1v) is 15.6. The van der Waals surface area contributed by atoms with Crippen LogP contribution >= 0.6 is 0 Å². The van der Waals surface area contributed by atoms with Gasteiger partial charge < -0.3 is 14.2 Å². The van der Waals surface area contributed by atoms with E-state index >= 15 is 8.78 Å². The van der Waals surface area contributed by atoms with E-state index in [0.29, 0.717) is 56.2 Å². The fourth-order valence-electron chi connectivity index (χ4n) is 6.10. The molecule has 0 radical (unpaired) electrons.